The van der Waals surface area contributed by atoms with Gasteiger partial charge in [-0.25, -0.2) is 0 Å². The zero-order valence-electron chi connectivity index (χ0n) is 10.7. The summed E-state index contributed by atoms with van der Waals surface area (Å²) in [6.07, 6.45) is 3.43. The molecule has 1 aromatic carbocycles. The van der Waals surface area contributed by atoms with E-state index in [4.69, 9.17) is 21.9 Å². The van der Waals surface area contributed by atoms with E-state index in [1.165, 1.54) is 0 Å². The number of halogens is 1. The summed E-state index contributed by atoms with van der Waals surface area (Å²) >= 11 is 5.99. The summed E-state index contributed by atoms with van der Waals surface area (Å²) in [5, 5.41) is 4.43. The number of anilines is 1. The van der Waals surface area contributed by atoms with Crippen LogP contribution in [0.3, 0.4) is 0 Å². The zero-order valence-corrected chi connectivity index (χ0v) is 11.4. The molecule has 0 aliphatic heterocycles. The summed E-state index contributed by atoms with van der Waals surface area (Å²) in [5.74, 6) is 0.892. The molecule has 0 saturated carbocycles. The lowest BCUT2D eigenvalue weighted by atomic mass is 10.1. The molecule has 0 aliphatic rings. The van der Waals surface area contributed by atoms with Crippen molar-refractivity contribution in [1.29, 1.82) is 0 Å². The fourth-order valence-electron chi connectivity index (χ4n) is 1.81. The maximum absolute atomic E-state index is 5.99. The van der Waals surface area contributed by atoms with Gasteiger partial charge in [-0.05, 0) is 36.8 Å². The maximum atomic E-state index is 5.99. The van der Waals surface area contributed by atoms with Crippen LogP contribution in [0.5, 0.6) is 0 Å². The summed E-state index contributed by atoms with van der Waals surface area (Å²) in [7, 11) is 0. The van der Waals surface area contributed by atoms with Crippen molar-refractivity contribution in [2.24, 2.45) is 0 Å². The SMILES string of the molecule is Cc1ccncc1-c1noc(-c2ccc(N)c(Cl)c2)n1. The van der Waals surface area contributed by atoms with E-state index in [0.717, 1.165) is 16.7 Å². The van der Waals surface area contributed by atoms with Gasteiger partial charge in [-0.15, -0.1) is 0 Å². The van der Waals surface area contributed by atoms with E-state index in [0.29, 0.717) is 22.4 Å². The lowest BCUT2D eigenvalue weighted by Gasteiger charge is -1.99. The standard InChI is InChI=1S/C14H11ClN4O/c1-8-4-5-17-7-10(8)13-18-14(20-19-13)9-2-3-12(16)11(15)6-9/h2-7H,16H2,1H3. The van der Waals surface area contributed by atoms with Gasteiger partial charge in [-0.1, -0.05) is 16.8 Å². The Morgan fingerprint density at radius 3 is 2.85 bits per heavy atom. The molecule has 0 spiro atoms. The van der Waals surface area contributed by atoms with E-state index in [-0.39, 0.29) is 0 Å². The van der Waals surface area contributed by atoms with E-state index in [1.54, 1.807) is 30.6 Å². The normalized spacial score (nSPS) is 10.7. The van der Waals surface area contributed by atoms with Crippen LogP contribution in [0.1, 0.15) is 5.56 Å². The minimum atomic E-state index is 0.394. The van der Waals surface area contributed by atoms with Crippen molar-refractivity contribution < 1.29 is 4.52 Å². The number of nitrogens with zero attached hydrogens (tertiary/aromatic N) is 3. The van der Waals surface area contributed by atoms with Gasteiger partial charge >= 0.3 is 0 Å². The van der Waals surface area contributed by atoms with Gasteiger partial charge in [-0.3, -0.25) is 4.98 Å². The summed E-state index contributed by atoms with van der Waals surface area (Å²) in [5.41, 5.74) is 8.78. The second-order valence-corrected chi connectivity index (χ2v) is 4.76. The average Bonchev–Trinajstić information content (AvgIpc) is 2.92. The van der Waals surface area contributed by atoms with Gasteiger partial charge in [0.05, 0.1) is 10.7 Å². The Hall–Kier alpha value is -2.40. The first kappa shape index (κ1) is 12.6. The Balaban J connectivity index is 2.02. The number of rotatable bonds is 2. The molecule has 0 fully saturated rings. The average molecular weight is 287 g/mol. The third kappa shape index (κ3) is 2.23. The monoisotopic (exact) mass is 286 g/mol. The van der Waals surface area contributed by atoms with Crippen molar-refractivity contribution in [2.45, 2.75) is 6.92 Å². The molecule has 2 heterocycles. The Morgan fingerprint density at radius 2 is 2.10 bits per heavy atom. The van der Waals surface area contributed by atoms with Crippen LogP contribution in [0.25, 0.3) is 22.8 Å². The van der Waals surface area contributed by atoms with Crippen LogP contribution in [0, 0.1) is 6.92 Å². The van der Waals surface area contributed by atoms with Gasteiger partial charge in [-0.2, -0.15) is 4.98 Å². The molecule has 2 aromatic heterocycles. The third-order valence-corrected chi connectivity index (χ3v) is 3.28. The number of hydrogen-bond acceptors (Lipinski definition) is 5. The first-order chi connectivity index (χ1) is 9.65. The van der Waals surface area contributed by atoms with Crippen LogP contribution in [-0.4, -0.2) is 15.1 Å². The summed E-state index contributed by atoms with van der Waals surface area (Å²) in [6, 6.07) is 7.08. The van der Waals surface area contributed by atoms with Crippen molar-refractivity contribution in [3.8, 4) is 22.8 Å². The van der Waals surface area contributed by atoms with Crippen molar-refractivity contribution in [3.63, 3.8) is 0 Å². The molecule has 0 atom stereocenters. The molecule has 6 heteroatoms. The second kappa shape index (κ2) is 4.94. The number of hydrogen-bond donors (Lipinski definition) is 1. The number of benzene rings is 1. The van der Waals surface area contributed by atoms with Gasteiger partial charge in [0.2, 0.25) is 5.82 Å². The van der Waals surface area contributed by atoms with E-state index in [2.05, 4.69) is 15.1 Å². The molecule has 2 N–H and O–H groups in total. The van der Waals surface area contributed by atoms with Crippen molar-refractivity contribution in [1.82, 2.24) is 15.1 Å². The molecule has 100 valence electrons. The topological polar surface area (TPSA) is 77.8 Å². The molecular formula is C14H11ClN4O. The molecule has 3 aromatic rings. The van der Waals surface area contributed by atoms with Crippen molar-refractivity contribution >= 4 is 17.3 Å². The first-order valence-electron chi connectivity index (χ1n) is 5.95. The highest BCUT2D eigenvalue weighted by atomic mass is 35.5. The van der Waals surface area contributed by atoms with E-state index in [9.17, 15) is 0 Å². The van der Waals surface area contributed by atoms with Crippen LogP contribution in [0.2, 0.25) is 5.02 Å². The minimum Gasteiger partial charge on any atom is -0.398 e. The lowest BCUT2D eigenvalue weighted by molar-refractivity contribution is 0.432. The zero-order chi connectivity index (χ0) is 14.1. The van der Waals surface area contributed by atoms with Gasteiger partial charge in [0.15, 0.2) is 0 Å². The molecule has 0 aliphatic carbocycles. The maximum Gasteiger partial charge on any atom is 0.258 e. The molecule has 20 heavy (non-hydrogen) atoms. The van der Waals surface area contributed by atoms with E-state index < -0.39 is 0 Å². The summed E-state index contributed by atoms with van der Waals surface area (Å²) < 4.78 is 5.27. The molecule has 0 radical (unpaired) electrons. The van der Waals surface area contributed by atoms with E-state index in [1.807, 2.05) is 13.0 Å². The third-order valence-electron chi connectivity index (χ3n) is 2.95. The highest BCUT2D eigenvalue weighted by Crippen LogP contribution is 2.28. The van der Waals surface area contributed by atoms with Crippen molar-refractivity contribution in [3.05, 3.63) is 47.2 Å². The number of pyridine rings is 1. The number of nitrogens with two attached hydrogens (primary N) is 1. The fraction of sp³-hybridized carbons (Fsp3) is 0.0714. The molecule has 0 saturated heterocycles. The van der Waals surface area contributed by atoms with Gasteiger partial charge in [0, 0.05) is 23.5 Å². The van der Waals surface area contributed by atoms with Crippen LogP contribution in [0.15, 0.2) is 41.2 Å². The van der Waals surface area contributed by atoms with Crippen LogP contribution in [0.4, 0.5) is 5.69 Å². The summed E-state index contributed by atoms with van der Waals surface area (Å²) in [4.78, 5) is 8.44. The lowest BCUT2D eigenvalue weighted by Crippen LogP contribution is -1.88. The molecule has 5 nitrogen and oxygen atoms in total. The summed E-state index contributed by atoms with van der Waals surface area (Å²) in [6.45, 7) is 1.97. The highest BCUT2D eigenvalue weighted by Gasteiger charge is 2.13. The van der Waals surface area contributed by atoms with Gasteiger partial charge in [0.1, 0.15) is 0 Å². The Morgan fingerprint density at radius 1 is 1.25 bits per heavy atom. The van der Waals surface area contributed by atoms with Gasteiger partial charge < -0.3 is 10.3 Å². The minimum absolute atomic E-state index is 0.394. The van der Waals surface area contributed by atoms with Crippen LogP contribution >= 0.6 is 11.6 Å². The molecule has 0 amide bonds. The Kier molecular flexibility index (Phi) is 3.12. The van der Waals surface area contributed by atoms with Gasteiger partial charge in [0.25, 0.3) is 5.89 Å². The largest absolute Gasteiger partial charge is 0.398 e. The number of aromatic nitrogens is 3. The molecular weight excluding hydrogens is 276 g/mol. The highest BCUT2D eigenvalue weighted by molar-refractivity contribution is 6.33. The first-order valence-corrected chi connectivity index (χ1v) is 6.33. The van der Waals surface area contributed by atoms with Crippen LogP contribution in [-0.2, 0) is 0 Å². The van der Waals surface area contributed by atoms with Crippen LogP contribution < -0.4 is 5.73 Å². The molecule has 3 rings (SSSR count). The Labute approximate surface area is 120 Å². The number of nitrogen functional groups attached to an aromatic ring is 1. The van der Waals surface area contributed by atoms with Crippen molar-refractivity contribution in [2.75, 3.05) is 5.73 Å². The predicted octanol–water partition coefficient (Wildman–Crippen LogP) is 3.34. The van der Waals surface area contributed by atoms with E-state index >= 15 is 0 Å². The number of aryl methyl sites for hydroxylation is 1. The second-order valence-electron chi connectivity index (χ2n) is 4.35. The smallest absolute Gasteiger partial charge is 0.258 e. The predicted molar refractivity (Wildman–Crippen MR) is 77.1 cm³/mol. The fourth-order valence-corrected chi connectivity index (χ4v) is 1.99. The molecule has 0 unspecified atom stereocenters. The molecule has 0 bridgehead atoms. The Bertz CT molecular complexity index is 769. The quantitative estimate of drug-likeness (QED) is 0.731.